The third-order valence-electron chi connectivity index (χ3n) is 5.11. The Kier molecular flexibility index (Phi) is 4.28. The van der Waals surface area contributed by atoms with Gasteiger partial charge in [-0.3, -0.25) is 0 Å². The third-order valence-corrected chi connectivity index (χ3v) is 5.11. The molecule has 0 amide bonds. The van der Waals surface area contributed by atoms with E-state index in [1.165, 1.54) is 18.2 Å². The van der Waals surface area contributed by atoms with Crippen molar-refractivity contribution in [3.05, 3.63) is 65.5 Å². The molecule has 24 heavy (non-hydrogen) atoms. The summed E-state index contributed by atoms with van der Waals surface area (Å²) in [6.07, 6.45) is -3.82. The zero-order valence-electron chi connectivity index (χ0n) is 13.0. The molecule has 0 unspecified atom stereocenters. The van der Waals surface area contributed by atoms with Crippen molar-refractivity contribution in [1.82, 2.24) is 0 Å². The number of aromatic hydroxyl groups is 1. The van der Waals surface area contributed by atoms with E-state index in [9.17, 15) is 22.7 Å². The number of phenols is 1. The molecule has 3 rings (SSSR count). The SMILES string of the molecule is Oc1ccc(C2(c3ccccc3F)CCC(C(F)(F)F)CC2)cc1. The van der Waals surface area contributed by atoms with Crippen molar-refractivity contribution < 1.29 is 22.7 Å². The Bertz CT molecular complexity index is 698. The lowest BCUT2D eigenvalue weighted by atomic mass is 9.63. The average molecular weight is 338 g/mol. The molecule has 0 aromatic heterocycles. The number of benzene rings is 2. The summed E-state index contributed by atoms with van der Waals surface area (Å²) in [5.41, 5.74) is 0.378. The molecule has 1 fully saturated rings. The largest absolute Gasteiger partial charge is 0.508 e. The molecular formula is C19H18F4O. The van der Waals surface area contributed by atoms with E-state index in [4.69, 9.17) is 0 Å². The maximum atomic E-state index is 14.4. The molecule has 0 saturated heterocycles. The van der Waals surface area contributed by atoms with Crippen LogP contribution in [-0.4, -0.2) is 11.3 Å². The number of hydrogen-bond donors (Lipinski definition) is 1. The molecule has 5 heteroatoms. The van der Waals surface area contributed by atoms with Crippen LogP contribution in [0.2, 0.25) is 0 Å². The molecule has 128 valence electrons. The van der Waals surface area contributed by atoms with E-state index in [0.717, 1.165) is 5.56 Å². The minimum absolute atomic E-state index is 0.0291. The molecule has 1 nitrogen and oxygen atoms in total. The zero-order valence-corrected chi connectivity index (χ0v) is 13.0. The predicted molar refractivity (Wildman–Crippen MR) is 83.3 cm³/mol. The summed E-state index contributed by atoms with van der Waals surface area (Å²) in [5, 5.41) is 9.49. The first-order valence-electron chi connectivity index (χ1n) is 7.94. The Morgan fingerprint density at radius 3 is 2.04 bits per heavy atom. The van der Waals surface area contributed by atoms with Crippen molar-refractivity contribution in [2.75, 3.05) is 0 Å². The van der Waals surface area contributed by atoms with Gasteiger partial charge in [0.05, 0.1) is 5.92 Å². The summed E-state index contributed by atoms with van der Waals surface area (Å²) in [7, 11) is 0. The fraction of sp³-hybridized carbons (Fsp3) is 0.368. The topological polar surface area (TPSA) is 20.2 Å². The van der Waals surface area contributed by atoms with Gasteiger partial charge < -0.3 is 5.11 Å². The molecule has 1 aliphatic rings. The minimum Gasteiger partial charge on any atom is -0.508 e. The maximum absolute atomic E-state index is 14.4. The molecule has 2 aromatic carbocycles. The van der Waals surface area contributed by atoms with E-state index in [1.54, 1.807) is 30.3 Å². The molecule has 0 atom stereocenters. The molecule has 0 aliphatic heterocycles. The molecule has 0 heterocycles. The van der Waals surface area contributed by atoms with Crippen LogP contribution in [0.4, 0.5) is 17.6 Å². The summed E-state index contributed by atoms with van der Waals surface area (Å²) < 4.78 is 53.5. The smallest absolute Gasteiger partial charge is 0.391 e. The second kappa shape index (κ2) is 6.11. The quantitative estimate of drug-likeness (QED) is 0.710. The first kappa shape index (κ1) is 16.8. The maximum Gasteiger partial charge on any atom is 0.391 e. The average Bonchev–Trinajstić information content (AvgIpc) is 2.55. The Labute approximate surface area is 137 Å². The molecule has 0 bridgehead atoms. The van der Waals surface area contributed by atoms with Gasteiger partial charge in [-0.15, -0.1) is 0 Å². The van der Waals surface area contributed by atoms with Crippen LogP contribution in [0.25, 0.3) is 0 Å². The Morgan fingerprint density at radius 2 is 1.50 bits per heavy atom. The van der Waals surface area contributed by atoms with Gasteiger partial charge in [-0.2, -0.15) is 13.2 Å². The number of hydrogen-bond acceptors (Lipinski definition) is 1. The van der Waals surface area contributed by atoms with Crippen LogP contribution in [0.15, 0.2) is 48.5 Å². The molecular weight excluding hydrogens is 320 g/mol. The molecule has 1 saturated carbocycles. The standard InChI is InChI=1S/C19H18F4O/c20-17-4-2-1-3-16(17)18(13-5-7-15(24)8-6-13)11-9-14(10-12-18)19(21,22)23/h1-8,14,24H,9-12H2. The van der Waals surface area contributed by atoms with Crippen LogP contribution in [0.3, 0.4) is 0 Å². The van der Waals surface area contributed by atoms with Crippen LogP contribution < -0.4 is 0 Å². The number of halogens is 4. The van der Waals surface area contributed by atoms with Crippen molar-refractivity contribution in [3.8, 4) is 5.75 Å². The summed E-state index contributed by atoms with van der Waals surface area (Å²) in [4.78, 5) is 0. The third kappa shape index (κ3) is 2.99. The van der Waals surface area contributed by atoms with Gasteiger partial charge >= 0.3 is 6.18 Å². The number of alkyl halides is 3. The monoisotopic (exact) mass is 338 g/mol. The van der Waals surface area contributed by atoms with E-state index < -0.39 is 23.3 Å². The normalized spacial score (nSPS) is 24.8. The Hall–Kier alpha value is -2.04. The lowest BCUT2D eigenvalue weighted by Crippen LogP contribution is -2.38. The highest BCUT2D eigenvalue weighted by Crippen LogP contribution is 2.50. The fourth-order valence-corrected chi connectivity index (χ4v) is 3.78. The fourth-order valence-electron chi connectivity index (χ4n) is 3.78. The summed E-state index contributed by atoms with van der Waals surface area (Å²) >= 11 is 0. The minimum atomic E-state index is -4.21. The van der Waals surface area contributed by atoms with Gasteiger partial charge in [0.2, 0.25) is 0 Å². The van der Waals surface area contributed by atoms with Gasteiger partial charge in [-0.05, 0) is 55.0 Å². The van der Waals surface area contributed by atoms with Crippen LogP contribution in [0.1, 0.15) is 36.8 Å². The Morgan fingerprint density at radius 1 is 0.917 bits per heavy atom. The van der Waals surface area contributed by atoms with Gasteiger partial charge in [0.1, 0.15) is 11.6 Å². The molecule has 0 radical (unpaired) electrons. The van der Waals surface area contributed by atoms with Gasteiger partial charge in [0, 0.05) is 5.41 Å². The lowest BCUT2D eigenvalue weighted by molar-refractivity contribution is -0.184. The molecule has 1 aliphatic carbocycles. The van der Waals surface area contributed by atoms with Crippen molar-refractivity contribution in [2.45, 2.75) is 37.3 Å². The summed E-state index contributed by atoms with van der Waals surface area (Å²) in [5.74, 6) is -1.67. The first-order chi connectivity index (χ1) is 11.3. The highest BCUT2D eigenvalue weighted by molar-refractivity contribution is 5.42. The van der Waals surface area contributed by atoms with Gasteiger partial charge in [0.25, 0.3) is 0 Å². The molecule has 2 aromatic rings. The van der Waals surface area contributed by atoms with E-state index in [-0.39, 0.29) is 31.4 Å². The molecule has 1 N–H and O–H groups in total. The highest BCUT2D eigenvalue weighted by atomic mass is 19.4. The Balaban J connectivity index is 2.04. The van der Waals surface area contributed by atoms with Crippen LogP contribution in [-0.2, 0) is 5.41 Å². The van der Waals surface area contributed by atoms with Gasteiger partial charge in [-0.25, -0.2) is 4.39 Å². The second-order valence-electron chi connectivity index (χ2n) is 6.42. The van der Waals surface area contributed by atoms with E-state index >= 15 is 0 Å². The van der Waals surface area contributed by atoms with E-state index in [0.29, 0.717) is 5.56 Å². The zero-order chi connectivity index (χ0) is 17.4. The van der Waals surface area contributed by atoms with Crippen LogP contribution in [0.5, 0.6) is 5.75 Å². The van der Waals surface area contributed by atoms with Gasteiger partial charge in [-0.1, -0.05) is 30.3 Å². The second-order valence-corrected chi connectivity index (χ2v) is 6.42. The lowest BCUT2D eigenvalue weighted by Gasteiger charge is -2.41. The summed E-state index contributed by atoms with van der Waals surface area (Å²) in [6, 6.07) is 12.6. The molecule has 0 spiro atoms. The van der Waals surface area contributed by atoms with Crippen LogP contribution in [0, 0.1) is 11.7 Å². The van der Waals surface area contributed by atoms with Crippen molar-refractivity contribution in [2.24, 2.45) is 5.92 Å². The number of phenolic OH excluding ortho intramolecular Hbond substituents is 1. The van der Waals surface area contributed by atoms with Crippen molar-refractivity contribution in [1.29, 1.82) is 0 Å². The first-order valence-corrected chi connectivity index (χ1v) is 7.94. The highest BCUT2D eigenvalue weighted by Gasteiger charge is 2.47. The van der Waals surface area contributed by atoms with Crippen LogP contribution >= 0.6 is 0 Å². The van der Waals surface area contributed by atoms with Crippen molar-refractivity contribution >= 4 is 0 Å². The number of rotatable bonds is 2. The van der Waals surface area contributed by atoms with Gasteiger partial charge in [0.15, 0.2) is 0 Å². The van der Waals surface area contributed by atoms with E-state index in [1.807, 2.05) is 0 Å². The van der Waals surface area contributed by atoms with E-state index in [2.05, 4.69) is 0 Å². The van der Waals surface area contributed by atoms with Crippen molar-refractivity contribution in [3.63, 3.8) is 0 Å². The summed E-state index contributed by atoms with van der Waals surface area (Å²) in [6.45, 7) is 0. The predicted octanol–water partition coefficient (Wildman–Crippen LogP) is 5.57.